The molecule has 2 heterocycles. The lowest BCUT2D eigenvalue weighted by Gasteiger charge is -2.10. The fraction of sp³-hybridized carbons (Fsp3) is 0. The third-order valence-electron chi connectivity index (χ3n) is 3.28. The fourth-order valence-corrected chi connectivity index (χ4v) is 2.13. The predicted molar refractivity (Wildman–Crippen MR) is 85.7 cm³/mol. The van der Waals surface area contributed by atoms with Gasteiger partial charge in [-0.15, -0.1) is 0 Å². The second kappa shape index (κ2) is 6.32. The molecule has 0 unspecified atom stereocenters. The van der Waals surface area contributed by atoms with Crippen LogP contribution in [0.1, 0.15) is 31.6 Å². The maximum atomic E-state index is 12.2. The monoisotopic (exact) mass is 340 g/mol. The first-order valence-electron chi connectivity index (χ1n) is 7.05. The quantitative estimate of drug-likeness (QED) is 0.643. The third kappa shape index (κ3) is 3.24. The molecule has 0 saturated heterocycles. The predicted octanol–water partition coefficient (Wildman–Crippen LogP) is 1.51. The van der Waals surface area contributed by atoms with Crippen LogP contribution >= 0.6 is 0 Å². The summed E-state index contributed by atoms with van der Waals surface area (Å²) in [7, 11) is 0. The molecule has 9 nitrogen and oxygen atoms in total. The van der Waals surface area contributed by atoms with Gasteiger partial charge in [-0.25, -0.2) is 9.48 Å². The normalized spacial score (nSPS) is 10.4. The summed E-state index contributed by atoms with van der Waals surface area (Å²) in [4.78, 5) is 34.2. The number of hydrogen-bond donors (Lipinski definition) is 3. The van der Waals surface area contributed by atoms with Gasteiger partial charge in [0.15, 0.2) is 5.76 Å². The van der Waals surface area contributed by atoms with E-state index in [1.54, 1.807) is 24.3 Å². The lowest BCUT2D eigenvalue weighted by molar-refractivity contribution is 0.0660. The van der Waals surface area contributed by atoms with Crippen LogP contribution in [-0.2, 0) is 0 Å². The summed E-state index contributed by atoms with van der Waals surface area (Å²) in [5, 5.41) is 15.5. The molecule has 0 aliphatic rings. The Morgan fingerprint density at radius 2 is 1.80 bits per heavy atom. The van der Waals surface area contributed by atoms with Crippen molar-refractivity contribution in [1.82, 2.24) is 9.78 Å². The van der Waals surface area contributed by atoms with Crippen molar-refractivity contribution in [1.29, 1.82) is 0 Å². The Kier molecular flexibility index (Phi) is 4.04. The number of carboxylic acid groups (broad SMARTS) is 1. The van der Waals surface area contributed by atoms with Gasteiger partial charge in [-0.05, 0) is 30.3 Å². The van der Waals surface area contributed by atoms with Crippen molar-refractivity contribution < 1.29 is 23.9 Å². The van der Waals surface area contributed by atoms with Crippen molar-refractivity contribution in [3.8, 4) is 5.69 Å². The van der Waals surface area contributed by atoms with Crippen molar-refractivity contribution in [3.63, 3.8) is 0 Å². The van der Waals surface area contributed by atoms with Crippen LogP contribution in [0.5, 0.6) is 0 Å². The summed E-state index contributed by atoms with van der Waals surface area (Å²) in [5.74, 6) is -3.05. The Bertz CT molecular complexity index is 972. The molecule has 25 heavy (non-hydrogen) atoms. The minimum Gasteiger partial charge on any atom is -0.475 e. The zero-order valence-electron chi connectivity index (χ0n) is 12.7. The van der Waals surface area contributed by atoms with E-state index in [0.717, 1.165) is 0 Å². The van der Waals surface area contributed by atoms with Crippen molar-refractivity contribution in [2.45, 2.75) is 0 Å². The summed E-state index contributed by atoms with van der Waals surface area (Å²) in [6.45, 7) is 0. The van der Waals surface area contributed by atoms with E-state index >= 15 is 0 Å². The average Bonchev–Trinajstić information content (AvgIpc) is 3.25. The number of carbonyl (C=O) groups is 3. The summed E-state index contributed by atoms with van der Waals surface area (Å²) in [5.41, 5.74) is 6.15. The van der Waals surface area contributed by atoms with Crippen molar-refractivity contribution >= 4 is 23.5 Å². The number of primary amides is 1. The zero-order chi connectivity index (χ0) is 18.0. The van der Waals surface area contributed by atoms with Crippen molar-refractivity contribution in [2.24, 2.45) is 5.73 Å². The van der Waals surface area contributed by atoms with Gasteiger partial charge in [-0.1, -0.05) is 12.1 Å². The fourth-order valence-electron chi connectivity index (χ4n) is 2.13. The van der Waals surface area contributed by atoms with E-state index < -0.39 is 17.8 Å². The van der Waals surface area contributed by atoms with Gasteiger partial charge in [0, 0.05) is 6.20 Å². The van der Waals surface area contributed by atoms with Gasteiger partial charge in [-0.3, -0.25) is 9.59 Å². The number of aromatic nitrogens is 2. The second-order valence-electron chi connectivity index (χ2n) is 4.95. The number of rotatable bonds is 5. The third-order valence-corrected chi connectivity index (χ3v) is 3.28. The molecule has 9 heteroatoms. The van der Waals surface area contributed by atoms with Crippen molar-refractivity contribution in [2.75, 3.05) is 5.32 Å². The molecule has 0 aliphatic heterocycles. The minimum absolute atomic E-state index is 0.0817. The van der Waals surface area contributed by atoms with Gasteiger partial charge < -0.3 is 20.6 Å². The molecule has 0 bridgehead atoms. The largest absolute Gasteiger partial charge is 0.475 e. The van der Waals surface area contributed by atoms with E-state index in [9.17, 15) is 14.4 Å². The first-order chi connectivity index (χ1) is 12.0. The number of amides is 2. The summed E-state index contributed by atoms with van der Waals surface area (Å²) in [6, 6.07) is 10.6. The Balaban J connectivity index is 1.88. The molecule has 1 aromatic carbocycles. The lowest BCUT2D eigenvalue weighted by atomic mass is 10.2. The number of para-hydroxylation sites is 2. The molecule has 3 rings (SSSR count). The molecule has 0 saturated carbocycles. The smallest absolute Gasteiger partial charge is 0.371 e. The molecule has 0 fully saturated rings. The molecular weight excluding hydrogens is 328 g/mol. The molecule has 0 aliphatic carbocycles. The number of anilines is 1. The molecular formula is C16H12N4O5. The van der Waals surface area contributed by atoms with Crippen molar-refractivity contribution in [3.05, 3.63) is 65.9 Å². The Morgan fingerprint density at radius 1 is 1.08 bits per heavy atom. The van der Waals surface area contributed by atoms with Gasteiger partial charge in [0.25, 0.3) is 11.8 Å². The van der Waals surface area contributed by atoms with Gasteiger partial charge in [-0.2, -0.15) is 5.10 Å². The minimum atomic E-state index is -1.27. The Morgan fingerprint density at radius 3 is 2.44 bits per heavy atom. The highest BCUT2D eigenvalue weighted by Crippen LogP contribution is 2.21. The van der Waals surface area contributed by atoms with E-state index in [0.29, 0.717) is 11.4 Å². The van der Waals surface area contributed by atoms with E-state index in [1.807, 2.05) is 0 Å². The molecule has 3 aromatic rings. The summed E-state index contributed by atoms with van der Waals surface area (Å²) in [6.07, 6.45) is 1.53. The van der Waals surface area contributed by atoms with Gasteiger partial charge in [0.1, 0.15) is 5.69 Å². The van der Waals surface area contributed by atoms with Crippen LogP contribution in [0.3, 0.4) is 0 Å². The topological polar surface area (TPSA) is 140 Å². The molecule has 4 N–H and O–H groups in total. The van der Waals surface area contributed by atoms with E-state index in [-0.39, 0.29) is 17.2 Å². The van der Waals surface area contributed by atoms with Crippen LogP contribution in [0.15, 0.2) is 53.1 Å². The zero-order valence-corrected chi connectivity index (χ0v) is 12.7. The molecule has 126 valence electrons. The first kappa shape index (κ1) is 16.0. The summed E-state index contributed by atoms with van der Waals surface area (Å²) >= 11 is 0. The number of nitrogens with one attached hydrogen (secondary N) is 1. The number of nitrogens with zero attached hydrogens (tertiary/aromatic N) is 2. The maximum absolute atomic E-state index is 12.2. The number of benzene rings is 1. The molecule has 2 aromatic heterocycles. The second-order valence-corrected chi connectivity index (χ2v) is 4.95. The number of hydrogen-bond acceptors (Lipinski definition) is 5. The van der Waals surface area contributed by atoms with Crippen LogP contribution in [0.2, 0.25) is 0 Å². The Labute approximate surface area is 140 Å². The number of furan rings is 1. The average molecular weight is 340 g/mol. The highest BCUT2D eigenvalue weighted by atomic mass is 16.4. The highest BCUT2D eigenvalue weighted by molar-refractivity contribution is 6.04. The molecule has 0 atom stereocenters. The number of nitrogens with two attached hydrogens (primary N) is 1. The van der Waals surface area contributed by atoms with E-state index in [1.165, 1.54) is 29.1 Å². The van der Waals surface area contributed by atoms with Crippen LogP contribution in [0.4, 0.5) is 5.69 Å². The molecule has 0 spiro atoms. The standard InChI is InChI=1S/C16H12N4O5/c17-14(21)10-7-8-20(19-10)11-4-2-1-3-9(11)18-15(22)12-5-6-13(25-12)16(23)24/h1-8H,(H2,17,21)(H,18,22)(H,23,24). The first-order valence-corrected chi connectivity index (χ1v) is 7.05. The number of carbonyl (C=O) groups excluding carboxylic acids is 2. The summed E-state index contributed by atoms with van der Waals surface area (Å²) < 4.78 is 6.35. The van der Waals surface area contributed by atoms with Gasteiger partial charge >= 0.3 is 5.97 Å². The van der Waals surface area contributed by atoms with Crippen LogP contribution < -0.4 is 11.1 Å². The van der Waals surface area contributed by atoms with Crippen LogP contribution in [-0.4, -0.2) is 32.7 Å². The Hall–Kier alpha value is -3.88. The molecule has 0 radical (unpaired) electrons. The highest BCUT2D eigenvalue weighted by Gasteiger charge is 2.17. The lowest BCUT2D eigenvalue weighted by Crippen LogP contribution is -2.14. The molecule has 2 amide bonds. The SMILES string of the molecule is NC(=O)c1ccn(-c2ccccc2NC(=O)c2ccc(C(=O)O)o2)n1. The maximum Gasteiger partial charge on any atom is 0.371 e. The number of aromatic carboxylic acids is 1. The van der Waals surface area contributed by atoms with Crippen LogP contribution in [0, 0.1) is 0 Å². The van der Waals surface area contributed by atoms with E-state index in [2.05, 4.69) is 10.4 Å². The number of carboxylic acids is 1. The van der Waals surface area contributed by atoms with E-state index in [4.69, 9.17) is 15.3 Å². The van der Waals surface area contributed by atoms with Crippen LogP contribution in [0.25, 0.3) is 5.69 Å². The van der Waals surface area contributed by atoms with Gasteiger partial charge in [0.05, 0.1) is 11.4 Å². The van der Waals surface area contributed by atoms with Gasteiger partial charge in [0.2, 0.25) is 5.76 Å².